The number of aromatic nitrogens is 1. The summed E-state index contributed by atoms with van der Waals surface area (Å²) < 4.78 is 0.674. The number of nitrogens with zero attached hydrogens (tertiary/aromatic N) is 4. The van der Waals surface area contributed by atoms with Gasteiger partial charge in [-0.2, -0.15) is 0 Å². The fraction of sp³-hybridized carbons (Fsp3) is 0.421. The fourth-order valence-electron chi connectivity index (χ4n) is 3.17. The molecule has 13 heteroatoms. The van der Waals surface area contributed by atoms with Gasteiger partial charge in [0.2, 0.25) is 0 Å². The van der Waals surface area contributed by atoms with E-state index in [9.17, 15) is 19.5 Å². The highest BCUT2D eigenvalue weighted by Crippen LogP contribution is 2.40. The Morgan fingerprint density at radius 2 is 2.19 bits per heavy atom. The number of oxime groups is 1. The first kappa shape index (κ1) is 23.8. The molecule has 0 saturated carbocycles. The third-order valence-electron chi connectivity index (χ3n) is 4.61. The van der Waals surface area contributed by atoms with Crippen molar-refractivity contribution in [1.82, 2.24) is 15.2 Å². The number of fused-ring (bicyclic) bond motifs is 1. The molecule has 1 saturated heterocycles. The Balaban J connectivity index is 1.78. The molecular weight excluding hydrogens is 456 g/mol. The van der Waals surface area contributed by atoms with E-state index < -0.39 is 29.2 Å². The van der Waals surface area contributed by atoms with Crippen molar-refractivity contribution in [3.63, 3.8) is 0 Å². The van der Waals surface area contributed by atoms with Gasteiger partial charge in [0.15, 0.2) is 10.8 Å². The van der Waals surface area contributed by atoms with Crippen molar-refractivity contribution >= 4 is 51.7 Å². The number of likely N-dealkylation sites (N-methyl/N-ethyl adjacent to an activating group) is 1. The van der Waals surface area contributed by atoms with Crippen LogP contribution >= 0.6 is 23.1 Å². The first-order chi connectivity index (χ1) is 15.0. The standard InChI is InChI=1S/C19H24N6O5S2/c1-25(2,3)7-5-6-10-8-31-17-13(16(27)24(17)14(10)18(28)29)22-15(26)12(23-30-4)11-9-32-19(20)21-11/h5-6,9,13,17H,7-8H2,1-4H3,(H3-,20,21,22,26,28,29)/b6-5?,23-12-/t13?,17-/m1/s1. The van der Waals surface area contributed by atoms with Gasteiger partial charge in [-0.15, -0.1) is 23.1 Å². The van der Waals surface area contributed by atoms with Gasteiger partial charge < -0.3 is 30.3 Å². The van der Waals surface area contributed by atoms with Crippen LogP contribution in [0, 0.1) is 0 Å². The van der Waals surface area contributed by atoms with Crippen molar-refractivity contribution in [1.29, 1.82) is 0 Å². The van der Waals surface area contributed by atoms with Crippen LogP contribution in [0.4, 0.5) is 5.13 Å². The normalized spacial score (nSPS) is 21.4. The summed E-state index contributed by atoms with van der Waals surface area (Å²) in [5.41, 5.74) is 6.03. The van der Waals surface area contributed by atoms with Crippen LogP contribution in [0.5, 0.6) is 0 Å². The molecule has 0 aliphatic carbocycles. The smallest absolute Gasteiger partial charge is 0.276 e. The largest absolute Gasteiger partial charge is 0.543 e. The maximum absolute atomic E-state index is 12.8. The number of carbonyl (C=O) groups excluding carboxylic acids is 3. The Morgan fingerprint density at radius 3 is 2.75 bits per heavy atom. The minimum absolute atomic E-state index is 0.132. The molecule has 172 valence electrons. The first-order valence-corrected chi connectivity index (χ1v) is 11.5. The van der Waals surface area contributed by atoms with Crippen molar-refractivity contribution in [2.75, 3.05) is 46.3 Å². The Labute approximate surface area is 193 Å². The summed E-state index contributed by atoms with van der Waals surface area (Å²) in [7, 11) is 7.31. The monoisotopic (exact) mass is 480 g/mol. The summed E-state index contributed by atoms with van der Waals surface area (Å²) in [5.74, 6) is -2.29. The third-order valence-corrected chi connectivity index (χ3v) is 6.59. The van der Waals surface area contributed by atoms with E-state index in [1.165, 1.54) is 18.9 Å². The molecule has 0 aromatic carbocycles. The number of carboxylic acids is 1. The summed E-state index contributed by atoms with van der Waals surface area (Å²) in [5, 5.41) is 19.3. The second-order valence-corrected chi connectivity index (χ2v) is 10.1. The minimum atomic E-state index is -1.43. The molecule has 1 aromatic heterocycles. The van der Waals surface area contributed by atoms with Crippen LogP contribution in [-0.2, 0) is 19.2 Å². The summed E-state index contributed by atoms with van der Waals surface area (Å²) in [4.78, 5) is 47.3. The predicted octanol–water partition coefficient (Wildman–Crippen LogP) is -1.26. The van der Waals surface area contributed by atoms with Crippen molar-refractivity contribution in [2.24, 2.45) is 5.16 Å². The Morgan fingerprint density at radius 1 is 1.47 bits per heavy atom. The second-order valence-electron chi connectivity index (χ2n) is 8.09. The van der Waals surface area contributed by atoms with E-state index in [1.807, 2.05) is 27.2 Å². The highest BCUT2D eigenvalue weighted by Gasteiger charge is 2.53. The van der Waals surface area contributed by atoms with Crippen LogP contribution in [0.25, 0.3) is 0 Å². The Kier molecular flexibility index (Phi) is 6.91. The molecule has 1 fully saturated rings. The summed E-state index contributed by atoms with van der Waals surface area (Å²) in [6, 6.07) is -0.920. The average molecular weight is 481 g/mol. The molecule has 0 spiro atoms. The number of thiazole rings is 1. The SMILES string of the molecule is CO/N=C(\C(=O)NC1C(=O)N2C(C(=O)[O-])=C(C=CC[N+](C)(C)C)CS[C@H]12)c1csc(N)n1. The topological polar surface area (TPSA) is 150 Å². The number of carboxylic acid groups (broad SMARTS) is 1. The van der Waals surface area contributed by atoms with Gasteiger partial charge in [-0.3, -0.25) is 14.5 Å². The lowest BCUT2D eigenvalue weighted by Crippen LogP contribution is -2.71. The lowest BCUT2D eigenvalue weighted by molar-refractivity contribution is -0.864. The molecule has 1 unspecified atom stereocenters. The lowest BCUT2D eigenvalue weighted by atomic mass is 10.0. The Hall–Kier alpha value is -2.90. The van der Waals surface area contributed by atoms with E-state index in [4.69, 9.17) is 10.6 Å². The highest BCUT2D eigenvalue weighted by atomic mass is 32.2. The number of quaternary nitrogens is 1. The summed E-state index contributed by atoms with van der Waals surface area (Å²) in [6.07, 6.45) is 3.59. The molecule has 11 nitrogen and oxygen atoms in total. The van der Waals surface area contributed by atoms with Crippen LogP contribution in [0.3, 0.4) is 0 Å². The summed E-state index contributed by atoms with van der Waals surface area (Å²) in [6.45, 7) is 0.688. The number of β-lactam (4-membered cyclic amide) rings is 1. The van der Waals surface area contributed by atoms with E-state index in [1.54, 1.807) is 11.5 Å². The number of aliphatic carboxylic acids is 1. The number of thioether (sulfide) groups is 1. The van der Waals surface area contributed by atoms with Crippen LogP contribution in [0.15, 0.2) is 34.0 Å². The Bertz CT molecular complexity index is 1030. The number of amides is 2. The molecule has 3 rings (SSSR count). The van der Waals surface area contributed by atoms with Crippen LogP contribution in [-0.4, -0.2) is 89.8 Å². The maximum atomic E-state index is 12.8. The molecule has 2 atom stereocenters. The van der Waals surface area contributed by atoms with E-state index in [-0.39, 0.29) is 22.2 Å². The maximum Gasteiger partial charge on any atom is 0.276 e. The van der Waals surface area contributed by atoms with Gasteiger partial charge in [-0.25, -0.2) is 4.98 Å². The zero-order chi connectivity index (χ0) is 23.6. The van der Waals surface area contributed by atoms with E-state index in [0.29, 0.717) is 22.4 Å². The number of nitrogens with two attached hydrogens (primary N) is 1. The second kappa shape index (κ2) is 9.30. The summed E-state index contributed by atoms with van der Waals surface area (Å²) >= 11 is 2.49. The van der Waals surface area contributed by atoms with Crippen LogP contribution in [0.1, 0.15) is 5.69 Å². The molecule has 0 radical (unpaired) electrons. The van der Waals surface area contributed by atoms with E-state index >= 15 is 0 Å². The van der Waals surface area contributed by atoms with Crippen molar-refractivity contribution in [3.8, 4) is 0 Å². The van der Waals surface area contributed by atoms with Gasteiger partial charge in [0.25, 0.3) is 11.8 Å². The molecule has 0 bridgehead atoms. The number of hydrogen-bond donors (Lipinski definition) is 2. The zero-order valence-electron chi connectivity index (χ0n) is 18.0. The van der Waals surface area contributed by atoms with Gasteiger partial charge in [0.05, 0.1) is 39.4 Å². The van der Waals surface area contributed by atoms with Crippen LogP contribution in [0.2, 0.25) is 0 Å². The number of nitrogen functional groups attached to an aromatic ring is 1. The van der Waals surface area contributed by atoms with Gasteiger partial charge in [-0.05, 0) is 11.6 Å². The fourth-order valence-corrected chi connectivity index (χ4v) is 5.04. The molecule has 1 aromatic rings. The molecular formula is C19H24N6O5S2. The number of carbonyl (C=O) groups is 3. The molecule has 3 N–H and O–H groups in total. The number of allylic oxidation sites excluding steroid dienone is 1. The molecule has 2 aliphatic rings. The number of rotatable bonds is 8. The molecule has 2 amide bonds. The van der Waals surface area contributed by atoms with Gasteiger partial charge in [0.1, 0.15) is 24.2 Å². The highest BCUT2D eigenvalue weighted by molar-refractivity contribution is 8.00. The van der Waals surface area contributed by atoms with Gasteiger partial charge in [0, 0.05) is 11.1 Å². The van der Waals surface area contributed by atoms with Crippen LogP contribution < -0.4 is 16.2 Å². The number of nitrogens with one attached hydrogen (secondary N) is 1. The van der Waals surface area contributed by atoms with Crippen molar-refractivity contribution in [2.45, 2.75) is 11.4 Å². The number of anilines is 1. The van der Waals surface area contributed by atoms with E-state index in [2.05, 4.69) is 15.5 Å². The van der Waals surface area contributed by atoms with Gasteiger partial charge in [-0.1, -0.05) is 11.2 Å². The molecule has 3 heterocycles. The quantitative estimate of drug-likeness (QED) is 0.203. The minimum Gasteiger partial charge on any atom is -0.543 e. The third kappa shape index (κ3) is 4.95. The first-order valence-electron chi connectivity index (χ1n) is 9.53. The number of hydrogen-bond acceptors (Lipinski definition) is 10. The average Bonchev–Trinajstić information content (AvgIpc) is 3.14. The molecule has 32 heavy (non-hydrogen) atoms. The van der Waals surface area contributed by atoms with Crippen molar-refractivity contribution < 1.29 is 28.8 Å². The molecule has 2 aliphatic heterocycles. The van der Waals surface area contributed by atoms with Crippen molar-refractivity contribution in [3.05, 3.63) is 34.5 Å². The lowest BCUT2D eigenvalue weighted by Gasteiger charge is -2.50. The zero-order valence-corrected chi connectivity index (χ0v) is 19.7. The van der Waals surface area contributed by atoms with E-state index in [0.717, 1.165) is 16.2 Å². The predicted molar refractivity (Wildman–Crippen MR) is 119 cm³/mol. The van der Waals surface area contributed by atoms with Gasteiger partial charge >= 0.3 is 0 Å².